The average molecular weight is 563 g/mol. The lowest BCUT2D eigenvalue weighted by atomic mass is 9.74. The van der Waals surface area contributed by atoms with Crippen LogP contribution in [-0.2, 0) is 14.9 Å². The van der Waals surface area contributed by atoms with Crippen LogP contribution in [0, 0.1) is 5.41 Å². The summed E-state index contributed by atoms with van der Waals surface area (Å²) in [7, 11) is 5.46. The highest BCUT2D eigenvalue weighted by atomic mass is 127. The van der Waals surface area contributed by atoms with Crippen LogP contribution in [0.3, 0.4) is 0 Å². The molecule has 0 spiro atoms. The van der Waals surface area contributed by atoms with Gasteiger partial charge in [-0.15, -0.1) is 24.0 Å². The van der Waals surface area contributed by atoms with Crippen molar-refractivity contribution in [3.63, 3.8) is 0 Å². The van der Waals surface area contributed by atoms with Crippen molar-refractivity contribution in [2.24, 2.45) is 10.4 Å². The largest absolute Gasteiger partial charge is 0.381 e. The number of guanidine groups is 1. The van der Waals surface area contributed by atoms with Crippen LogP contribution in [0.1, 0.15) is 44.1 Å². The number of benzene rings is 1. The molecule has 2 fully saturated rings. The number of aliphatic imine (C=N–C) groups is 1. The second-order valence-corrected chi connectivity index (χ2v) is 9.25. The fraction of sp³-hybridized carbons (Fsp3) is 0.652. The summed E-state index contributed by atoms with van der Waals surface area (Å²) in [4.78, 5) is 19.0. The maximum Gasteiger partial charge on any atom is 0.230 e. The summed E-state index contributed by atoms with van der Waals surface area (Å²) in [6, 6.07) is 8.09. The van der Waals surface area contributed by atoms with Gasteiger partial charge in [0, 0.05) is 57.9 Å². The molecule has 6 nitrogen and oxygen atoms in total. The molecule has 1 aliphatic heterocycles. The smallest absolute Gasteiger partial charge is 0.230 e. The molecule has 1 amide bonds. The molecule has 2 aliphatic rings. The normalized spacial score (nSPS) is 19.9. The Kier molecular flexibility index (Phi) is 9.89. The fourth-order valence-electron chi connectivity index (χ4n) is 4.91. The molecule has 8 heteroatoms. The molecule has 174 valence electrons. The summed E-state index contributed by atoms with van der Waals surface area (Å²) in [6.45, 7) is 2.76. The highest BCUT2D eigenvalue weighted by molar-refractivity contribution is 14.0. The maximum absolute atomic E-state index is 12.8. The van der Waals surface area contributed by atoms with Crippen LogP contribution < -0.4 is 10.6 Å². The van der Waals surface area contributed by atoms with E-state index in [1.165, 1.54) is 0 Å². The molecule has 1 saturated carbocycles. The summed E-state index contributed by atoms with van der Waals surface area (Å²) in [5.74, 6) is 0.936. The van der Waals surface area contributed by atoms with Crippen LogP contribution in [0.15, 0.2) is 29.3 Å². The zero-order valence-electron chi connectivity index (χ0n) is 18.9. The van der Waals surface area contributed by atoms with Gasteiger partial charge in [-0.1, -0.05) is 42.6 Å². The zero-order valence-corrected chi connectivity index (χ0v) is 22.0. The van der Waals surface area contributed by atoms with Crippen LogP contribution in [-0.4, -0.2) is 64.2 Å². The SMILES string of the molecule is CN=C(NCC1(C(=O)N(C)C)CCCC1)NCC1(c2ccccc2Cl)CCOCC1.I. The molecule has 1 saturated heterocycles. The number of rotatable bonds is 6. The number of amides is 1. The Morgan fingerprint density at radius 3 is 2.29 bits per heavy atom. The van der Waals surface area contributed by atoms with Gasteiger partial charge in [-0.25, -0.2) is 0 Å². The van der Waals surface area contributed by atoms with Crippen molar-refractivity contribution in [2.75, 3.05) is 47.4 Å². The van der Waals surface area contributed by atoms with E-state index < -0.39 is 0 Å². The first-order valence-electron chi connectivity index (χ1n) is 10.9. The van der Waals surface area contributed by atoms with E-state index in [1.54, 1.807) is 11.9 Å². The van der Waals surface area contributed by atoms with E-state index in [0.717, 1.165) is 68.3 Å². The zero-order chi connectivity index (χ0) is 21.6. The molecular formula is C23H36ClIN4O2. The third-order valence-corrected chi connectivity index (χ3v) is 7.06. The van der Waals surface area contributed by atoms with Crippen LogP contribution in [0.4, 0.5) is 0 Å². The molecule has 1 aliphatic carbocycles. The van der Waals surface area contributed by atoms with Crippen molar-refractivity contribution in [3.05, 3.63) is 34.9 Å². The van der Waals surface area contributed by atoms with Crippen LogP contribution >= 0.6 is 35.6 Å². The van der Waals surface area contributed by atoms with Gasteiger partial charge in [0.1, 0.15) is 0 Å². The average Bonchev–Trinajstić information content (AvgIpc) is 3.24. The number of ether oxygens (including phenoxy) is 1. The van der Waals surface area contributed by atoms with Gasteiger partial charge in [0.05, 0.1) is 5.41 Å². The van der Waals surface area contributed by atoms with Crippen molar-refractivity contribution in [1.82, 2.24) is 15.5 Å². The van der Waals surface area contributed by atoms with Crippen LogP contribution in [0.25, 0.3) is 0 Å². The standard InChI is InChI=1S/C23H35ClN4O2.HI/c1-25-21(27-17-23(10-6-7-11-23)20(29)28(2)3)26-16-22(12-14-30-15-13-22)18-8-4-5-9-19(18)24;/h4-5,8-9H,6-7,10-17H2,1-3H3,(H2,25,26,27);1H. The molecular weight excluding hydrogens is 527 g/mol. The molecule has 1 aromatic rings. The van der Waals surface area contributed by atoms with Gasteiger partial charge in [0.15, 0.2) is 5.96 Å². The minimum absolute atomic E-state index is 0. The first-order chi connectivity index (χ1) is 14.4. The summed E-state index contributed by atoms with van der Waals surface area (Å²) in [6.07, 6.45) is 5.86. The van der Waals surface area contributed by atoms with Crippen LogP contribution in [0.2, 0.25) is 5.02 Å². The summed E-state index contributed by atoms with van der Waals surface area (Å²) < 4.78 is 5.64. The van der Waals surface area contributed by atoms with E-state index in [1.807, 2.05) is 32.3 Å². The second kappa shape index (κ2) is 11.7. The van der Waals surface area contributed by atoms with Crippen molar-refractivity contribution in [2.45, 2.75) is 43.9 Å². The Bertz CT molecular complexity index is 760. The van der Waals surface area contributed by atoms with Crippen molar-refractivity contribution >= 4 is 47.4 Å². The monoisotopic (exact) mass is 562 g/mol. The molecule has 0 radical (unpaired) electrons. The van der Waals surface area contributed by atoms with E-state index in [0.29, 0.717) is 13.1 Å². The molecule has 1 heterocycles. The lowest BCUT2D eigenvalue weighted by molar-refractivity contribution is -0.138. The van der Waals surface area contributed by atoms with Gasteiger partial charge >= 0.3 is 0 Å². The first kappa shape index (κ1) is 26.2. The molecule has 3 rings (SSSR count). The molecule has 0 unspecified atom stereocenters. The number of hydrogen-bond donors (Lipinski definition) is 2. The number of nitrogens with zero attached hydrogens (tertiary/aromatic N) is 2. The Labute approximate surface area is 208 Å². The van der Waals surface area contributed by atoms with Crippen LogP contribution in [0.5, 0.6) is 0 Å². The number of nitrogens with one attached hydrogen (secondary N) is 2. The highest BCUT2D eigenvalue weighted by Crippen LogP contribution is 2.39. The maximum atomic E-state index is 12.8. The topological polar surface area (TPSA) is 66.0 Å². The van der Waals surface area contributed by atoms with E-state index in [9.17, 15) is 4.79 Å². The molecule has 0 bridgehead atoms. The Hall–Kier alpha value is -1.06. The van der Waals surface area contributed by atoms with Crippen molar-refractivity contribution < 1.29 is 9.53 Å². The number of carbonyl (C=O) groups excluding carboxylic acids is 1. The van der Waals surface area contributed by atoms with E-state index in [-0.39, 0.29) is 40.7 Å². The predicted molar refractivity (Wildman–Crippen MR) is 138 cm³/mol. The number of hydrogen-bond acceptors (Lipinski definition) is 3. The predicted octanol–water partition coefficient (Wildman–Crippen LogP) is 3.82. The lowest BCUT2D eigenvalue weighted by Crippen LogP contribution is -2.52. The van der Waals surface area contributed by atoms with Gasteiger partial charge in [0.25, 0.3) is 0 Å². The van der Waals surface area contributed by atoms with Gasteiger partial charge in [-0.2, -0.15) is 0 Å². The summed E-state index contributed by atoms with van der Waals surface area (Å²) in [5, 5.41) is 7.75. The fourth-order valence-corrected chi connectivity index (χ4v) is 5.25. The summed E-state index contributed by atoms with van der Waals surface area (Å²) >= 11 is 6.57. The van der Waals surface area contributed by atoms with Crippen molar-refractivity contribution in [3.8, 4) is 0 Å². The number of carbonyl (C=O) groups is 1. The van der Waals surface area contributed by atoms with Gasteiger partial charge < -0.3 is 20.3 Å². The molecule has 31 heavy (non-hydrogen) atoms. The third kappa shape index (κ3) is 6.05. The molecule has 0 aromatic heterocycles. The van der Waals surface area contributed by atoms with E-state index in [4.69, 9.17) is 16.3 Å². The van der Waals surface area contributed by atoms with E-state index >= 15 is 0 Å². The first-order valence-corrected chi connectivity index (χ1v) is 11.3. The Morgan fingerprint density at radius 1 is 1.10 bits per heavy atom. The highest BCUT2D eigenvalue weighted by Gasteiger charge is 2.42. The molecule has 0 atom stereocenters. The summed E-state index contributed by atoms with van der Waals surface area (Å²) in [5.41, 5.74) is 0.729. The van der Waals surface area contributed by atoms with Gasteiger partial charge in [0.2, 0.25) is 5.91 Å². The molecule has 1 aromatic carbocycles. The minimum Gasteiger partial charge on any atom is -0.381 e. The Morgan fingerprint density at radius 2 is 1.71 bits per heavy atom. The number of halogens is 2. The van der Waals surface area contributed by atoms with E-state index in [2.05, 4.69) is 21.7 Å². The minimum atomic E-state index is -0.333. The lowest BCUT2D eigenvalue weighted by Gasteiger charge is -2.39. The van der Waals surface area contributed by atoms with Crippen molar-refractivity contribution in [1.29, 1.82) is 0 Å². The third-order valence-electron chi connectivity index (χ3n) is 6.73. The van der Waals surface area contributed by atoms with Gasteiger partial charge in [-0.05, 0) is 37.3 Å². The molecule has 2 N–H and O–H groups in total. The quantitative estimate of drug-likeness (QED) is 0.314. The Balaban J connectivity index is 0.00000341. The second-order valence-electron chi connectivity index (χ2n) is 8.84. The van der Waals surface area contributed by atoms with Gasteiger partial charge in [-0.3, -0.25) is 9.79 Å².